The van der Waals surface area contributed by atoms with Gasteiger partial charge in [0, 0.05) is 12.6 Å². The van der Waals surface area contributed by atoms with Crippen LogP contribution >= 0.6 is 0 Å². The molecule has 0 aromatic rings. The molecule has 0 heterocycles. The van der Waals surface area contributed by atoms with Crippen LogP contribution in [0.5, 0.6) is 0 Å². The van der Waals surface area contributed by atoms with Gasteiger partial charge in [-0.2, -0.15) is 0 Å². The Morgan fingerprint density at radius 3 is 2.60 bits per heavy atom. The fraction of sp³-hybridized carbons (Fsp3) is 1.00. The first-order chi connectivity index (χ1) is 7.36. The molecule has 1 fully saturated rings. The highest BCUT2D eigenvalue weighted by Gasteiger charge is 2.15. The second kappa shape index (κ2) is 8.12. The lowest BCUT2D eigenvalue weighted by molar-refractivity contribution is 0.119. The molecule has 2 heteroatoms. The molecular weight excluding hydrogens is 186 g/mol. The lowest BCUT2D eigenvalue weighted by atomic mass is 9.85. The van der Waals surface area contributed by atoms with E-state index in [1.807, 2.05) is 7.05 Å². The third-order valence-corrected chi connectivity index (χ3v) is 3.58. The minimum absolute atomic E-state index is 0.562. The summed E-state index contributed by atoms with van der Waals surface area (Å²) in [4.78, 5) is 0. The van der Waals surface area contributed by atoms with E-state index in [0.29, 0.717) is 6.04 Å². The number of hydrogen-bond donors (Lipinski definition) is 1. The van der Waals surface area contributed by atoms with E-state index in [1.54, 1.807) is 0 Å². The maximum Gasteiger partial charge on any atom is 0.0619 e. The Morgan fingerprint density at radius 2 is 2.00 bits per heavy atom. The smallest absolute Gasteiger partial charge is 0.0619 e. The minimum atomic E-state index is 0.562. The molecule has 0 spiro atoms. The zero-order chi connectivity index (χ0) is 10.9. The van der Waals surface area contributed by atoms with E-state index in [0.717, 1.165) is 19.1 Å². The molecule has 1 saturated carbocycles. The summed E-state index contributed by atoms with van der Waals surface area (Å²) >= 11 is 0. The fourth-order valence-electron chi connectivity index (χ4n) is 2.48. The van der Waals surface area contributed by atoms with Gasteiger partial charge in [-0.15, -0.1) is 0 Å². The van der Waals surface area contributed by atoms with Crippen molar-refractivity contribution in [2.75, 3.05) is 20.3 Å². The van der Waals surface area contributed by atoms with Crippen LogP contribution in [0.15, 0.2) is 0 Å². The van der Waals surface area contributed by atoms with Gasteiger partial charge in [0.25, 0.3) is 0 Å². The van der Waals surface area contributed by atoms with Crippen molar-refractivity contribution in [3.05, 3.63) is 0 Å². The molecule has 0 radical (unpaired) electrons. The summed E-state index contributed by atoms with van der Waals surface area (Å²) in [5.41, 5.74) is 0. The third kappa shape index (κ3) is 5.53. The molecule has 1 aliphatic carbocycles. The minimum Gasteiger partial charge on any atom is -0.380 e. The topological polar surface area (TPSA) is 21.3 Å². The van der Waals surface area contributed by atoms with E-state index in [9.17, 15) is 0 Å². The summed E-state index contributed by atoms with van der Waals surface area (Å²) in [5, 5.41) is 3.35. The summed E-state index contributed by atoms with van der Waals surface area (Å²) in [6.45, 7) is 3.77. The lowest BCUT2D eigenvalue weighted by Crippen LogP contribution is -2.31. The van der Waals surface area contributed by atoms with Gasteiger partial charge in [-0.25, -0.2) is 0 Å². The molecule has 1 unspecified atom stereocenters. The van der Waals surface area contributed by atoms with Gasteiger partial charge in [-0.1, -0.05) is 32.1 Å². The zero-order valence-electron chi connectivity index (χ0n) is 10.4. The predicted octanol–water partition coefficient (Wildman–Crippen LogP) is 2.97. The highest BCUT2D eigenvalue weighted by atomic mass is 16.5. The van der Waals surface area contributed by atoms with Crippen LogP contribution in [-0.2, 0) is 4.74 Å². The van der Waals surface area contributed by atoms with Gasteiger partial charge in [-0.3, -0.25) is 0 Å². The molecule has 90 valence electrons. The average Bonchev–Trinajstić information content (AvgIpc) is 2.31. The first-order valence-electron chi connectivity index (χ1n) is 6.61. The predicted molar refractivity (Wildman–Crippen MR) is 65.1 cm³/mol. The maximum absolute atomic E-state index is 5.46. The van der Waals surface area contributed by atoms with Crippen LogP contribution in [0.1, 0.15) is 51.9 Å². The first-order valence-corrected chi connectivity index (χ1v) is 6.61. The van der Waals surface area contributed by atoms with Gasteiger partial charge in [-0.05, 0) is 32.7 Å². The molecule has 2 nitrogen and oxygen atoms in total. The standard InChI is InChI=1S/C13H27NO/c1-3-15-11-13(14-2)10-9-12-7-5-4-6-8-12/h12-14H,3-11H2,1-2H3. The van der Waals surface area contributed by atoms with E-state index < -0.39 is 0 Å². The number of likely N-dealkylation sites (N-methyl/N-ethyl adjacent to an activating group) is 1. The van der Waals surface area contributed by atoms with Gasteiger partial charge < -0.3 is 10.1 Å². The van der Waals surface area contributed by atoms with Crippen molar-refractivity contribution in [3.8, 4) is 0 Å². The molecule has 0 bridgehead atoms. The third-order valence-electron chi connectivity index (χ3n) is 3.58. The SMILES string of the molecule is CCOCC(CCC1CCCCC1)NC. The monoisotopic (exact) mass is 213 g/mol. The van der Waals surface area contributed by atoms with Crippen molar-refractivity contribution in [1.29, 1.82) is 0 Å². The molecule has 0 aromatic carbocycles. The molecule has 0 aromatic heterocycles. The average molecular weight is 213 g/mol. The molecule has 0 saturated heterocycles. The molecule has 1 atom stereocenters. The number of rotatable bonds is 7. The highest BCUT2D eigenvalue weighted by Crippen LogP contribution is 2.27. The molecule has 15 heavy (non-hydrogen) atoms. The second-order valence-electron chi connectivity index (χ2n) is 4.73. The van der Waals surface area contributed by atoms with Gasteiger partial charge in [0.15, 0.2) is 0 Å². The van der Waals surface area contributed by atoms with Gasteiger partial charge >= 0.3 is 0 Å². The fourth-order valence-corrected chi connectivity index (χ4v) is 2.48. The number of hydrogen-bond acceptors (Lipinski definition) is 2. The molecule has 1 N–H and O–H groups in total. The van der Waals surface area contributed by atoms with E-state index in [1.165, 1.54) is 44.9 Å². The van der Waals surface area contributed by atoms with Crippen LogP contribution in [0.4, 0.5) is 0 Å². The summed E-state index contributed by atoms with van der Waals surface area (Å²) in [6, 6.07) is 0.562. The van der Waals surface area contributed by atoms with E-state index in [4.69, 9.17) is 4.74 Å². The van der Waals surface area contributed by atoms with Crippen molar-refractivity contribution in [2.45, 2.75) is 57.9 Å². The second-order valence-corrected chi connectivity index (χ2v) is 4.73. The Balaban J connectivity index is 2.09. The largest absolute Gasteiger partial charge is 0.380 e. The Bertz CT molecular complexity index is 143. The highest BCUT2D eigenvalue weighted by molar-refractivity contribution is 4.70. The van der Waals surface area contributed by atoms with Crippen LogP contribution in [0.25, 0.3) is 0 Å². The Morgan fingerprint density at radius 1 is 1.27 bits per heavy atom. The van der Waals surface area contributed by atoms with Gasteiger partial charge in [0.1, 0.15) is 0 Å². The van der Waals surface area contributed by atoms with E-state index >= 15 is 0 Å². The van der Waals surface area contributed by atoms with Crippen LogP contribution in [0.2, 0.25) is 0 Å². The van der Waals surface area contributed by atoms with Crippen molar-refractivity contribution in [3.63, 3.8) is 0 Å². The Labute approximate surface area is 94.8 Å². The normalized spacial score (nSPS) is 20.4. The quantitative estimate of drug-likeness (QED) is 0.702. The van der Waals surface area contributed by atoms with Gasteiger partial charge in [0.05, 0.1) is 6.61 Å². The summed E-state index contributed by atoms with van der Waals surface area (Å²) in [7, 11) is 2.05. The zero-order valence-corrected chi connectivity index (χ0v) is 10.4. The molecule has 1 aliphatic rings. The van der Waals surface area contributed by atoms with Crippen LogP contribution in [-0.4, -0.2) is 26.3 Å². The molecular formula is C13H27NO. The Kier molecular flexibility index (Phi) is 7.03. The van der Waals surface area contributed by atoms with Crippen molar-refractivity contribution < 1.29 is 4.74 Å². The number of nitrogens with one attached hydrogen (secondary N) is 1. The van der Waals surface area contributed by atoms with Crippen molar-refractivity contribution in [1.82, 2.24) is 5.32 Å². The summed E-state index contributed by atoms with van der Waals surface area (Å²) in [6.07, 6.45) is 9.97. The molecule has 0 aliphatic heterocycles. The van der Waals surface area contributed by atoms with Crippen LogP contribution in [0.3, 0.4) is 0 Å². The number of ether oxygens (including phenoxy) is 1. The van der Waals surface area contributed by atoms with Crippen LogP contribution in [0, 0.1) is 5.92 Å². The van der Waals surface area contributed by atoms with Crippen molar-refractivity contribution >= 4 is 0 Å². The van der Waals surface area contributed by atoms with Crippen LogP contribution < -0.4 is 5.32 Å². The first kappa shape index (κ1) is 13.0. The van der Waals surface area contributed by atoms with Gasteiger partial charge in [0.2, 0.25) is 0 Å². The summed E-state index contributed by atoms with van der Waals surface area (Å²) < 4.78 is 5.46. The Hall–Kier alpha value is -0.0800. The van der Waals surface area contributed by atoms with E-state index in [2.05, 4.69) is 12.2 Å². The maximum atomic E-state index is 5.46. The molecule has 0 amide bonds. The summed E-state index contributed by atoms with van der Waals surface area (Å²) in [5.74, 6) is 0.997. The van der Waals surface area contributed by atoms with Crippen molar-refractivity contribution in [2.24, 2.45) is 5.92 Å². The lowest BCUT2D eigenvalue weighted by Gasteiger charge is -2.24. The van der Waals surface area contributed by atoms with E-state index in [-0.39, 0.29) is 0 Å². The molecule has 1 rings (SSSR count).